The number of alkyl halides is 1. The van der Waals surface area contributed by atoms with Crippen LogP contribution in [0.25, 0.3) is 0 Å². The highest BCUT2D eigenvalue weighted by molar-refractivity contribution is 6.20. The molecule has 0 amide bonds. The molecule has 0 saturated carbocycles. The van der Waals surface area contributed by atoms with E-state index in [2.05, 4.69) is 6.92 Å². The van der Waals surface area contributed by atoms with Crippen LogP contribution < -0.4 is 0 Å². The highest BCUT2D eigenvalue weighted by Gasteiger charge is 2.03. The van der Waals surface area contributed by atoms with Crippen molar-refractivity contribution in [3.05, 3.63) is 35.1 Å². The van der Waals surface area contributed by atoms with Crippen LogP contribution in [0.1, 0.15) is 30.9 Å². The van der Waals surface area contributed by atoms with Gasteiger partial charge in [-0.1, -0.05) is 13.0 Å². The van der Waals surface area contributed by atoms with Gasteiger partial charge in [-0.05, 0) is 49.4 Å². The maximum Gasteiger partial charge on any atom is 0.123 e. The van der Waals surface area contributed by atoms with E-state index in [1.54, 1.807) is 12.1 Å². The Labute approximate surface area is 90.1 Å². The van der Waals surface area contributed by atoms with Gasteiger partial charge in [-0.25, -0.2) is 4.39 Å². The molecule has 0 bridgehead atoms. The molecule has 1 rings (SSSR count). The molecule has 0 fully saturated rings. The van der Waals surface area contributed by atoms with Gasteiger partial charge >= 0.3 is 0 Å². The maximum atomic E-state index is 13.0. The van der Waals surface area contributed by atoms with E-state index in [1.165, 1.54) is 0 Å². The molecule has 0 aliphatic rings. The predicted molar refractivity (Wildman–Crippen MR) is 59.4 cm³/mol. The van der Waals surface area contributed by atoms with Crippen molar-refractivity contribution >= 4 is 11.6 Å². The smallest absolute Gasteiger partial charge is 0.123 e. The Morgan fingerprint density at radius 3 is 2.64 bits per heavy atom. The number of halogens is 2. The van der Waals surface area contributed by atoms with Crippen molar-refractivity contribution in [2.75, 3.05) is 0 Å². The van der Waals surface area contributed by atoms with Gasteiger partial charge in [0.05, 0.1) is 0 Å². The van der Waals surface area contributed by atoms with E-state index >= 15 is 0 Å². The van der Waals surface area contributed by atoms with Crippen molar-refractivity contribution < 1.29 is 4.39 Å². The summed E-state index contributed by atoms with van der Waals surface area (Å²) in [7, 11) is 0. The molecule has 78 valence electrons. The second-order valence-corrected chi connectivity index (χ2v) is 4.30. The number of hydrogen-bond acceptors (Lipinski definition) is 0. The zero-order valence-corrected chi connectivity index (χ0v) is 9.44. The van der Waals surface area contributed by atoms with Gasteiger partial charge in [0.15, 0.2) is 0 Å². The summed E-state index contributed by atoms with van der Waals surface area (Å²) in [4.78, 5) is 0. The van der Waals surface area contributed by atoms with E-state index in [-0.39, 0.29) is 11.2 Å². The van der Waals surface area contributed by atoms with Gasteiger partial charge < -0.3 is 0 Å². The van der Waals surface area contributed by atoms with Crippen molar-refractivity contribution in [3.8, 4) is 0 Å². The fourth-order valence-electron chi connectivity index (χ4n) is 1.48. The average Bonchev–Trinajstić information content (AvgIpc) is 2.12. The monoisotopic (exact) mass is 214 g/mol. The number of aryl methyl sites for hydroxylation is 2. The van der Waals surface area contributed by atoms with Gasteiger partial charge in [-0.3, -0.25) is 0 Å². The Hall–Kier alpha value is -0.560. The fraction of sp³-hybridized carbons (Fsp3) is 0.500. The summed E-state index contributed by atoms with van der Waals surface area (Å²) < 4.78 is 13.0. The van der Waals surface area contributed by atoms with Gasteiger partial charge in [0.1, 0.15) is 5.82 Å². The minimum Gasteiger partial charge on any atom is -0.207 e. The van der Waals surface area contributed by atoms with Gasteiger partial charge in [-0.15, -0.1) is 11.6 Å². The van der Waals surface area contributed by atoms with Crippen LogP contribution in [-0.4, -0.2) is 5.38 Å². The molecule has 0 radical (unpaired) electrons. The third-order valence-electron chi connectivity index (χ3n) is 2.29. The Bertz CT molecular complexity index is 276. The standard InChI is InChI=1S/C12H16ClF/c1-3-11(13)5-4-10-6-9(2)7-12(14)8-10/h6-8,11H,3-5H2,1-2H3. The van der Waals surface area contributed by atoms with Crippen LogP contribution in [0.4, 0.5) is 4.39 Å². The Kier molecular flexibility index (Phi) is 4.40. The minimum atomic E-state index is -0.150. The number of benzene rings is 1. The van der Waals surface area contributed by atoms with Gasteiger partial charge in [-0.2, -0.15) is 0 Å². The zero-order chi connectivity index (χ0) is 10.6. The normalized spacial score (nSPS) is 12.9. The van der Waals surface area contributed by atoms with Crippen molar-refractivity contribution in [1.82, 2.24) is 0 Å². The lowest BCUT2D eigenvalue weighted by Gasteiger charge is -2.06. The summed E-state index contributed by atoms with van der Waals surface area (Å²) in [6, 6.07) is 5.15. The molecule has 0 heterocycles. The van der Waals surface area contributed by atoms with Crippen LogP contribution in [0.3, 0.4) is 0 Å². The quantitative estimate of drug-likeness (QED) is 0.663. The van der Waals surface area contributed by atoms with Crippen molar-refractivity contribution in [1.29, 1.82) is 0 Å². The molecule has 0 saturated heterocycles. The zero-order valence-electron chi connectivity index (χ0n) is 8.69. The molecular weight excluding hydrogens is 199 g/mol. The summed E-state index contributed by atoms with van der Waals surface area (Å²) in [5, 5.41) is 0.207. The predicted octanol–water partition coefficient (Wildman–Crippen LogP) is 4.08. The SMILES string of the molecule is CCC(Cl)CCc1cc(C)cc(F)c1. The first kappa shape index (κ1) is 11.5. The lowest BCUT2D eigenvalue weighted by molar-refractivity contribution is 0.622. The molecule has 1 atom stereocenters. The molecule has 0 aliphatic carbocycles. The highest BCUT2D eigenvalue weighted by Crippen LogP contribution is 2.14. The largest absolute Gasteiger partial charge is 0.207 e. The lowest BCUT2D eigenvalue weighted by atomic mass is 10.0. The molecule has 1 aromatic rings. The fourth-order valence-corrected chi connectivity index (χ4v) is 1.59. The third-order valence-corrected chi connectivity index (χ3v) is 2.82. The van der Waals surface area contributed by atoms with E-state index in [1.807, 2.05) is 13.0 Å². The van der Waals surface area contributed by atoms with Gasteiger partial charge in [0.25, 0.3) is 0 Å². The third kappa shape index (κ3) is 3.67. The molecule has 14 heavy (non-hydrogen) atoms. The van der Waals surface area contributed by atoms with Crippen LogP contribution in [0.15, 0.2) is 18.2 Å². The second kappa shape index (κ2) is 5.35. The molecule has 0 aromatic heterocycles. The maximum absolute atomic E-state index is 13.0. The van der Waals surface area contributed by atoms with E-state index in [0.29, 0.717) is 0 Å². The Morgan fingerprint density at radius 1 is 1.36 bits per heavy atom. The first-order valence-electron chi connectivity index (χ1n) is 5.02. The Morgan fingerprint density at radius 2 is 2.07 bits per heavy atom. The first-order valence-corrected chi connectivity index (χ1v) is 5.45. The molecule has 0 N–H and O–H groups in total. The van der Waals surface area contributed by atoms with E-state index in [0.717, 1.165) is 30.4 Å². The highest BCUT2D eigenvalue weighted by atomic mass is 35.5. The van der Waals surface area contributed by atoms with Crippen LogP contribution >= 0.6 is 11.6 Å². The van der Waals surface area contributed by atoms with E-state index in [9.17, 15) is 4.39 Å². The second-order valence-electron chi connectivity index (χ2n) is 3.68. The van der Waals surface area contributed by atoms with E-state index < -0.39 is 0 Å². The van der Waals surface area contributed by atoms with Crippen LogP contribution in [-0.2, 0) is 6.42 Å². The van der Waals surface area contributed by atoms with Gasteiger partial charge in [0, 0.05) is 5.38 Å². The number of rotatable bonds is 4. The van der Waals surface area contributed by atoms with E-state index in [4.69, 9.17) is 11.6 Å². The molecule has 0 spiro atoms. The van der Waals surface area contributed by atoms with Crippen LogP contribution in [0.5, 0.6) is 0 Å². The molecule has 0 nitrogen and oxygen atoms in total. The van der Waals surface area contributed by atoms with Crippen molar-refractivity contribution in [2.24, 2.45) is 0 Å². The number of hydrogen-bond donors (Lipinski definition) is 0. The average molecular weight is 215 g/mol. The molecule has 1 unspecified atom stereocenters. The summed E-state index contributed by atoms with van der Waals surface area (Å²) in [6.07, 6.45) is 2.75. The molecular formula is C12H16ClF. The summed E-state index contributed by atoms with van der Waals surface area (Å²) >= 11 is 6.00. The van der Waals surface area contributed by atoms with Crippen molar-refractivity contribution in [3.63, 3.8) is 0 Å². The minimum absolute atomic E-state index is 0.150. The summed E-state index contributed by atoms with van der Waals surface area (Å²) in [6.45, 7) is 3.97. The lowest BCUT2D eigenvalue weighted by Crippen LogP contribution is -1.99. The summed E-state index contributed by atoms with van der Waals surface area (Å²) in [5.41, 5.74) is 2.02. The molecule has 0 aliphatic heterocycles. The Balaban J connectivity index is 2.58. The van der Waals surface area contributed by atoms with Crippen molar-refractivity contribution in [2.45, 2.75) is 38.5 Å². The molecule has 1 aromatic carbocycles. The molecule has 2 heteroatoms. The topological polar surface area (TPSA) is 0 Å². The van der Waals surface area contributed by atoms with Crippen LogP contribution in [0.2, 0.25) is 0 Å². The van der Waals surface area contributed by atoms with Gasteiger partial charge in [0.2, 0.25) is 0 Å². The summed E-state index contributed by atoms with van der Waals surface area (Å²) in [5.74, 6) is -0.150. The van der Waals surface area contributed by atoms with Crippen LogP contribution in [0, 0.1) is 12.7 Å². The first-order chi connectivity index (χ1) is 6.61.